The summed E-state index contributed by atoms with van der Waals surface area (Å²) in [5, 5.41) is 38.4. The summed E-state index contributed by atoms with van der Waals surface area (Å²) in [4.78, 5) is 12.1. The quantitative estimate of drug-likeness (QED) is 0.387. The van der Waals surface area contributed by atoms with Gasteiger partial charge in [0.15, 0.2) is 12.4 Å². The number of esters is 1. The van der Waals surface area contributed by atoms with Crippen molar-refractivity contribution in [2.24, 2.45) is 5.73 Å². The van der Waals surface area contributed by atoms with Crippen molar-refractivity contribution in [2.75, 3.05) is 6.61 Å². The first kappa shape index (κ1) is 17.8. The molecule has 128 valence electrons. The van der Waals surface area contributed by atoms with Crippen LogP contribution >= 0.6 is 0 Å². The number of rotatable bonds is 5. The molecular formula is C15H21NO7. The maximum absolute atomic E-state index is 12.1. The van der Waals surface area contributed by atoms with Gasteiger partial charge in [-0.2, -0.15) is 0 Å². The summed E-state index contributed by atoms with van der Waals surface area (Å²) in [6.45, 7) is -0.602. The number of hydrogen-bond donors (Lipinski definition) is 5. The Kier molecular flexibility index (Phi) is 6.05. The summed E-state index contributed by atoms with van der Waals surface area (Å²) in [6, 6.07) is 8.05. The van der Waals surface area contributed by atoms with E-state index in [-0.39, 0.29) is 6.42 Å². The summed E-state index contributed by atoms with van der Waals surface area (Å²) in [6.07, 6.45) is -7.19. The molecule has 1 heterocycles. The Morgan fingerprint density at radius 1 is 1.22 bits per heavy atom. The highest BCUT2D eigenvalue weighted by Crippen LogP contribution is 2.22. The van der Waals surface area contributed by atoms with Gasteiger partial charge >= 0.3 is 5.97 Å². The van der Waals surface area contributed by atoms with Gasteiger partial charge in [-0.05, 0) is 12.0 Å². The van der Waals surface area contributed by atoms with Crippen LogP contribution in [0.4, 0.5) is 0 Å². The molecule has 1 saturated heterocycles. The molecule has 1 aromatic carbocycles. The zero-order valence-corrected chi connectivity index (χ0v) is 12.4. The predicted octanol–water partition coefficient (Wildman–Crippen LogP) is -2.10. The number of ether oxygens (including phenoxy) is 2. The molecule has 1 aliphatic rings. The number of nitrogens with two attached hydrogens (primary N) is 1. The van der Waals surface area contributed by atoms with Crippen LogP contribution in [0.5, 0.6) is 0 Å². The van der Waals surface area contributed by atoms with Crippen LogP contribution in [0.3, 0.4) is 0 Å². The van der Waals surface area contributed by atoms with Crippen molar-refractivity contribution in [1.29, 1.82) is 0 Å². The number of carbonyl (C=O) groups is 1. The first-order valence-electron chi connectivity index (χ1n) is 7.24. The van der Waals surface area contributed by atoms with Gasteiger partial charge in [-0.1, -0.05) is 30.3 Å². The van der Waals surface area contributed by atoms with E-state index in [4.69, 9.17) is 20.3 Å². The summed E-state index contributed by atoms with van der Waals surface area (Å²) in [7, 11) is 0. The van der Waals surface area contributed by atoms with E-state index < -0.39 is 49.3 Å². The van der Waals surface area contributed by atoms with E-state index in [1.54, 1.807) is 12.1 Å². The lowest BCUT2D eigenvalue weighted by Gasteiger charge is -2.39. The van der Waals surface area contributed by atoms with Gasteiger partial charge in [0.1, 0.15) is 24.4 Å². The molecule has 6 atom stereocenters. The zero-order valence-electron chi connectivity index (χ0n) is 12.4. The Morgan fingerprint density at radius 3 is 2.48 bits per heavy atom. The fourth-order valence-corrected chi connectivity index (χ4v) is 2.38. The Balaban J connectivity index is 1.99. The second-order valence-electron chi connectivity index (χ2n) is 5.43. The third kappa shape index (κ3) is 4.25. The molecule has 0 bridgehead atoms. The van der Waals surface area contributed by atoms with Crippen molar-refractivity contribution < 1.29 is 34.7 Å². The normalized spacial score (nSPS) is 32.3. The minimum absolute atomic E-state index is 0.223. The smallest absolute Gasteiger partial charge is 0.323 e. The Labute approximate surface area is 133 Å². The predicted molar refractivity (Wildman–Crippen MR) is 78.0 cm³/mol. The van der Waals surface area contributed by atoms with Crippen LogP contribution in [0, 0.1) is 0 Å². The topological polar surface area (TPSA) is 142 Å². The van der Waals surface area contributed by atoms with E-state index in [1.165, 1.54) is 0 Å². The Hall–Kier alpha value is -1.55. The molecule has 6 N–H and O–H groups in total. The number of hydrogen-bond acceptors (Lipinski definition) is 8. The zero-order chi connectivity index (χ0) is 17.0. The molecule has 8 nitrogen and oxygen atoms in total. The SMILES string of the molecule is N[C@@H](Cc1ccccc1)C(=O)O[C@H]1[C@H](O)[C@@H](CO)OC(O)[C@@H]1O. The van der Waals surface area contributed by atoms with Crippen molar-refractivity contribution in [3.05, 3.63) is 35.9 Å². The van der Waals surface area contributed by atoms with E-state index in [0.29, 0.717) is 0 Å². The van der Waals surface area contributed by atoms with Crippen LogP contribution in [-0.4, -0.2) is 69.8 Å². The largest absolute Gasteiger partial charge is 0.455 e. The number of aliphatic hydroxyl groups excluding tert-OH is 4. The van der Waals surface area contributed by atoms with E-state index in [2.05, 4.69) is 0 Å². The summed E-state index contributed by atoms with van der Waals surface area (Å²) < 4.78 is 9.85. The molecule has 1 unspecified atom stereocenters. The van der Waals surface area contributed by atoms with Crippen LogP contribution < -0.4 is 5.73 Å². The number of carbonyl (C=O) groups excluding carboxylic acids is 1. The average Bonchev–Trinajstić information content (AvgIpc) is 2.55. The first-order valence-corrected chi connectivity index (χ1v) is 7.24. The fraction of sp³-hybridized carbons (Fsp3) is 0.533. The van der Waals surface area contributed by atoms with Crippen LogP contribution in [0.25, 0.3) is 0 Å². The molecule has 0 amide bonds. The van der Waals surface area contributed by atoms with Crippen molar-refractivity contribution in [1.82, 2.24) is 0 Å². The van der Waals surface area contributed by atoms with Crippen molar-refractivity contribution in [3.8, 4) is 0 Å². The van der Waals surface area contributed by atoms with E-state index in [9.17, 15) is 20.1 Å². The van der Waals surface area contributed by atoms with Gasteiger partial charge in [0.2, 0.25) is 0 Å². The first-order chi connectivity index (χ1) is 10.9. The molecule has 23 heavy (non-hydrogen) atoms. The second kappa shape index (κ2) is 7.82. The van der Waals surface area contributed by atoms with Gasteiger partial charge in [-0.15, -0.1) is 0 Å². The number of benzene rings is 1. The standard InChI is InChI=1S/C15H21NO7/c16-9(6-8-4-2-1-3-5-8)14(20)23-13-11(18)10(7-17)22-15(21)12(13)19/h1-5,9-13,15,17-19,21H,6-7,16H2/t9-,10+,11+,12+,13-,15?/m0/s1. The Morgan fingerprint density at radius 2 is 1.87 bits per heavy atom. The lowest BCUT2D eigenvalue weighted by Crippen LogP contribution is -2.60. The molecule has 0 aliphatic carbocycles. The van der Waals surface area contributed by atoms with Crippen LogP contribution in [0.1, 0.15) is 5.56 Å². The lowest BCUT2D eigenvalue weighted by atomic mass is 9.99. The minimum Gasteiger partial charge on any atom is -0.455 e. The molecule has 8 heteroatoms. The fourth-order valence-electron chi connectivity index (χ4n) is 2.38. The second-order valence-corrected chi connectivity index (χ2v) is 5.43. The van der Waals surface area contributed by atoms with Gasteiger partial charge < -0.3 is 35.6 Å². The van der Waals surface area contributed by atoms with Crippen LogP contribution in [0.15, 0.2) is 30.3 Å². The van der Waals surface area contributed by atoms with E-state index >= 15 is 0 Å². The molecule has 0 spiro atoms. The van der Waals surface area contributed by atoms with Crippen molar-refractivity contribution in [3.63, 3.8) is 0 Å². The highest BCUT2D eigenvalue weighted by Gasteiger charge is 2.46. The van der Waals surface area contributed by atoms with Crippen molar-refractivity contribution in [2.45, 2.75) is 43.2 Å². The molecule has 1 aromatic rings. The number of aliphatic hydroxyl groups is 4. The highest BCUT2D eigenvalue weighted by molar-refractivity contribution is 5.76. The van der Waals surface area contributed by atoms with Crippen LogP contribution in [-0.2, 0) is 20.7 Å². The van der Waals surface area contributed by atoms with Gasteiger partial charge in [0, 0.05) is 0 Å². The van der Waals surface area contributed by atoms with Crippen molar-refractivity contribution >= 4 is 5.97 Å². The van der Waals surface area contributed by atoms with Gasteiger partial charge in [0.25, 0.3) is 0 Å². The minimum atomic E-state index is -1.68. The van der Waals surface area contributed by atoms with Gasteiger partial charge in [0.05, 0.1) is 6.61 Å². The third-order valence-electron chi connectivity index (χ3n) is 3.69. The average molecular weight is 327 g/mol. The molecule has 0 radical (unpaired) electrons. The molecular weight excluding hydrogens is 306 g/mol. The maximum Gasteiger partial charge on any atom is 0.323 e. The van der Waals surface area contributed by atoms with Gasteiger partial charge in [-0.25, -0.2) is 0 Å². The summed E-state index contributed by atoms with van der Waals surface area (Å²) in [5.41, 5.74) is 6.61. The highest BCUT2D eigenvalue weighted by atomic mass is 16.7. The van der Waals surface area contributed by atoms with E-state index in [1.807, 2.05) is 18.2 Å². The maximum atomic E-state index is 12.1. The van der Waals surface area contributed by atoms with Gasteiger partial charge in [-0.3, -0.25) is 4.79 Å². The monoisotopic (exact) mass is 327 g/mol. The van der Waals surface area contributed by atoms with E-state index in [0.717, 1.165) is 5.56 Å². The molecule has 2 rings (SSSR count). The van der Waals surface area contributed by atoms with Crippen LogP contribution in [0.2, 0.25) is 0 Å². The lowest BCUT2D eigenvalue weighted by molar-refractivity contribution is -0.290. The third-order valence-corrected chi connectivity index (χ3v) is 3.69. The molecule has 0 saturated carbocycles. The molecule has 1 fully saturated rings. The molecule has 0 aromatic heterocycles. The summed E-state index contributed by atoms with van der Waals surface area (Å²) >= 11 is 0. The molecule has 1 aliphatic heterocycles. The Bertz CT molecular complexity index is 512. The summed E-state index contributed by atoms with van der Waals surface area (Å²) in [5.74, 6) is -0.831.